The highest BCUT2D eigenvalue weighted by molar-refractivity contribution is 7.24. The summed E-state index contributed by atoms with van der Waals surface area (Å²) >= 11 is 6.18. The third kappa shape index (κ3) is 17.9. The van der Waals surface area contributed by atoms with Crippen LogP contribution >= 0.6 is 45.3 Å². The third-order valence-corrected chi connectivity index (χ3v) is 23.0. The molecule has 8 aromatic carbocycles. The van der Waals surface area contributed by atoms with E-state index in [4.69, 9.17) is 29.7 Å². The molecule has 3 aliphatic rings. The molecular formula is C84H72F4N19O2S4+. The first-order valence-corrected chi connectivity index (χ1v) is 39.3. The number of nitrogens with one attached hydrogen (secondary N) is 4. The molecular weight excluding hydrogens is 1510 g/mol. The second-order valence-corrected chi connectivity index (χ2v) is 29.9. The van der Waals surface area contributed by atoms with Crippen molar-refractivity contribution in [1.82, 2.24) is 50.3 Å². The van der Waals surface area contributed by atoms with E-state index in [0.29, 0.717) is 84.6 Å². The molecule has 113 heavy (non-hydrogen) atoms. The van der Waals surface area contributed by atoms with Crippen LogP contribution in [0.25, 0.3) is 40.9 Å². The Balaban J connectivity index is 0.000000152. The van der Waals surface area contributed by atoms with Gasteiger partial charge >= 0.3 is 22.4 Å². The lowest BCUT2D eigenvalue weighted by molar-refractivity contribution is -0.137. The van der Waals surface area contributed by atoms with Gasteiger partial charge in [0.05, 0.1) is 115 Å². The number of halogens is 4. The summed E-state index contributed by atoms with van der Waals surface area (Å²) in [6.07, 6.45) is 9.79. The highest BCUT2D eigenvalue weighted by atomic mass is 32.1. The number of quaternary nitrogens is 1. The Morgan fingerprint density at radius 2 is 1.08 bits per heavy atom. The van der Waals surface area contributed by atoms with E-state index >= 15 is 0 Å². The van der Waals surface area contributed by atoms with Gasteiger partial charge in [0.25, 0.3) is 0 Å². The molecule has 5 aromatic heterocycles. The predicted octanol–water partition coefficient (Wildman–Crippen LogP) is 17.2. The predicted molar refractivity (Wildman–Crippen MR) is 443 cm³/mol. The first-order chi connectivity index (χ1) is 55.3. The molecule has 0 aliphatic carbocycles. The lowest BCUT2D eigenvalue weighted by atomic mass is 9.93. The van der Waals surface area contributed by atoms with Gasteiger partial charge in [-0.3, -0.25) is 19.8 Å². The molecule has 5 atom stereocenters. The number of ether oxygens (including phenoxy) is 1. The SMILES string of the molecule is COc1cccc(CCN=C2NC=CC(C(C#N)c3ccnc(NCC(O)c4ccccc4)n3)[N+]2(c2nc3ccccc3s2)c2nc3ccccc3s2)c1.N#CCC1C=CNC(=NCCc2cccc(C(F)(F)F)c2)N1c1nc2ccccc2s1.N#CCC1C=CNC(=NCCc2ccccc2F)N1c1nc2ccccc2s1. The van der Waals surface area contributed by atoms with E-state index in [1.807, 2.05) is 174 Å². The summed E-state index contributed by atoms with van der Waals surface area (Å²) in [5.74, 6) is 1.83. The van der Waals surface area contributed by atoms with E-state index in [1.54, 1.807) is 84.0 Å². The van der Waals surface area contributed by atoms with Crippen molar-refractivity contribution >= 4 is 131 Å². The van der Waals surface area contributed by atoms with Crippen molar-refractivity contribution in [1.29, 1.82) is 15.8 Å². The van der Waals surface area contributed by atoms with Gasteiger partial charge in [-0.15, -0.1) is 4.48 Å². The van der Waals surface area contributed by atoms with Gasteiger partial charge in [-0.05, 0) is 139 Å². The highest BCUT2D eigenvalue weighted by Gasteiger charge is 2.57. The van der Waals surface area contributed by atoms with E-state index < -0.39 is 29.8 Å². The zero-order chi connectivity index (χ0) is 78.1. The van der Waals surface area contributed by atoms with E-state index in [1.165, 1.54) is 23.5 Å². The summed E-state index contributed by atoms with van der Waals surface area (Å²) in [5.41, 5.74) is 6.38. The molecule has 5 unspecified atom stereocenters. The van der Waals surface area contributed by atoms with Gasteiger partial charge in [-0.2, -0.15) is 38.9 Å². The number of nitrogens with zero attached hydrogens (tertiary/aromatic N) is 15. The Morgan fingerprint density at radius 3 is 1.63 bits per heavy atom. The summed E-state index contributed by atoms with van der Waals surface area (Å²) in [6.45, 7) is 1.36. The fourth-order valence-corrected chi connectivity index (χ4v) is 17.5. The maximum Gasteiger partial charge on any atom is 0.416 e. The molecule has 21 nitrogen and oxygen atoms in total. The van der Waals surface area contributed by atoms with Gasteiger partial charge in [-0.1, -0.05) is 173 Å². The van der Waals surface area contributed by atoms with Crippen LogP contribution in [0.5, 0.6) is 5.75 Å². The number of nitriles is 3. The second kappa shape index (κ2) is 36.0. The minimum Gasteiger partial charge on any atom is -0.497 e. The number of aliphatic imine (C=N–C) groups is 3. The van der Waals surface area contributed by atoms with Crippen molar-refractivity contribution in [3.05, 3.63) is 289 Å². The zero-order valence-electron chi connectivity index (χ0n) is 60.6. The number of rotatable bonds is 22. The van der Waals surface area contributed by atoms with Crippen molar-refractivity contribution in [2.24, 2.45) is 15.0 Å². The summed E-state index contributed by atoms with van der Waals surface area (Å²) < 4.78 is 62.2. The molecule has 0 bridgehead atoms. The van der Waals surface area contributed by atoms with Crippen LogP contribution in [0.15, 0.2) is 264 Å². The number of benzene rings is 8. The lowest BCUT2D eigenvalue weighted by Crippen LogP contribution is -2.64. The topological polar surface area (TPSA) is 270 Å². The Kier molecular flexibility index (Phi) is 24.6. The number of aliphatic hydroxyl groups excluding tert-OH is 1. The molecule has 8 heterocycles. The van der Waals surface area contributed by atoms with E-state index in [-0.39, 0.29) is 41.9 Å². The summed E-state index contributed by atoms with van der Waals surface area (Å²) in [7, 11) is 1.66. The molecule has 0 saturated carbocycles. The van der Waals surface area contributed by atoms with Crippen LogP contribution in [0.2, 0.25) is 0 Å². The number of anilines is 3. The van der Waals surface area contributed by atoms with Gasteiger partial charge in [0.15, 0.2) is 16.3 Å². The van der Waals surface area contributed by atoms with Crippen LogP contribution in [0.4, 0.5) is 44.0 Å². The molecule has 0 amide bonds. The molecule has 0 radical (unpaired) electrons. The Hall–Kier alpha value is -12.7. The number of methoxy groups -OCH3 is 1. The number of hydrogen-bond donors (Lipinski definition) is 5. The number of thiazole rings is 4. The number of aromatic nitrogens is 6. The van der Waals surface area contributed by atoms with Gasteiger partial charge < -0.3 is 31.1 Å². The van der Waals surface area contributed by atoms with Crippen LogP contribution in [0.1, 0.15) is 58.4 Å². The van der Waals surface area contributed by atoms with Gasteiger partial charge in [0.1, 0.15) is 17.5 Å². The highest BCUT2D eigenvalue weighted by Crippen LogP contribution is 2.50. The Bertz CT molecular complexity index is 5630. The van der Waals surface area contributed by atoms with Crippen molar-refractivity contribution in [2.45, 2.75) is 68.4 Å². The van der Waals surface area contributed by atoms with Crippen molar-refractivity contribution in [3.63, 3.8) is 0 Å². The normalized spacial score (nSPS) is 17.3. The largest absolute Gasteiger partial charge is 0.497 e. The van der Waals surface area contributed by atoms with Crippen LogP contribution in [0, 0.1) is 39.8 Å². The minimum atomic E-state index is -4.37. The Labute approximate surface area is 664 Å². The fraction of sp³-hybridized carbons (Fsp3) is 0.190. The molecule has 29 heteroatoms. The van der Waals surface area contributed by atoms with Crippen molar-refractivity contribution < 1.29 is 27.4 Å². The first-order valence-electron chi connectivity index (χ1n) is 36.1. The summed E-state index contributed by atoms with van der Waals surface area (Å²) in [5, 5.41) is 56.3. The third-order valence-electron chi connectivity index (χ3n) is 18.6. The molecule has 0 fully saturated rings. The molecule has 566 valence electrons. The number of guanidine groups is 3. The van der Waals surface area contributed by atoms with Crippen LogP contribution in [-0.2, 0) is 25.4 Å². The molecule has 5 N–H and O–H groups in total. The number of hydrogen-bond acceptors (Lipinski definition) is 19. The van der Waals surface area contributed by atoms with Crippen LogP contribution < -0.4 is 40.3 Å². The number of fused-ring (bicyclic) bond motifs is 4. The fourth-order valence-electron chi connectivity index (χ4n) is 13.1. The zero-order valence-corrected chi connectivity index (χ0v) is 63.9. The average molecular weight is 1580 g/mol. The number of aliphatic hydroxyl groups is 1. The van der Waals surface area contributed by atoms with E-state index in [2.05, 4.69) is 77.6 Å². The molecule has 3 aliphatic heterocycles. The second-order valence-electron chi connectivity index (χ2n) is 25.9. The van der Waals surface area contributed by atoms with E-state index in [0.717, 1.165) is 85.3 Å². The number of alkyl halides is 3. The minimum absolute atomic E-state index is 0.0506. The maximum atomic E-state index is 13.8. The monoisotopic (exact) mass is 1580 g/mol. The standard InChI is InChI=1S/C41H36N9O2S2.C22H18F3N5S.C21H18FN5S/c1-52-29-13-9-10-27(24-29)18-21-44-39-45-23-20-34(30(25-42)31-19-22-43-38(47-31)46-26-35(51)28-11-3-2-4-12-28)50(39,40-48-32-14-5-7-16-36(32)53-40)41-49-33-15-6-8-17-37(33)54-41;23-22(24,25)16-5-3-4-15(14-16)9-12-27-20-28-13-10-17(8-11-26)30(20)21-29-18-6-1-2-7-19(18)31-21;22-17-6-2-1-5-15(17)10-13-24-20-25-14-11-16(9-12-23)27(20)21-26-18-7-3-4-8-19(18)28-21/h2-17,19-20,22-24,30,34-35,51H,18,21,26H2,1H3,(H,44,45)(H,43,46,47);1-7,10,13-14,17H,8-9,12H2,(H,27,28);1-8,11,14,16H,9-10,13H2,(H,24,25)/q+1;;. The molecule has 0 saturated heterocycles. The Morgan fingerprint density at radius 1 is 0.566 bits per heavy atom. The van der Waals surface area contributed by atoms with Crippen LogP contribution in [-0.4, -0.2) is 104 Å². The van der Waals surface area contributed by atoms with Crippen LogP contribution in [0.3, 0.4) is 0 Å². The molecule has 13 aromatic rings. The number of para-hydroxylation sites is 4. The average Bonchev–Trinajstić information content (AvgIpc) is 1.64. The quantitative estimate of drug-likeness (QED) is 0.0312. The smallest absolute Gasteiger partial charge is 0.416 e. The lowest BCUT2D eigenvalue weighted by Gasteiger charge is -2.41. The molecule has 16 rings (SSSR count). The summed E-state index contributed by atoms with van der Waals surface area (Å²) in [4.78, 5) is 47.5. The summed E-state index contributed by atoms with van der Waals surface area (Å²) in [6, 6.07) is 69.0. The molecule has 0 spiro atoms. The van der Waals surface area contributed by atoms with Gasteiger partial charge in [-0.25, -0.2) is 29.3 Å². The van der Waals surface area contributed by atoms with E-state index in [9.17, 15) is 38.5 Å². The van der Waals surface area contributed by atoms with Gasteiger partial charge in [0.2, 0.25) is 17.9 Å². The van der Waals surface area contributed by atoms with Crippen molar-refractivity contribution in [2.75, 3.05) is 48.4 Å². The maximum absolute atomic E-state index is 13.8. The van der Waals surface area contributed by atoms with Gasteiger partial charge in [0, 0.05) is 44.4 Å². The first kappa shape index (κ1) is 77.1. The van der Waals surface area contributed by atoms with Crippen molar-refractivity contribution in [3.8, 4) is 24.0 Å².